The molecular weight excluding hydrogens is 182 g/mol. The molecule has 0 rings (SSSR count). The topological polar surface area (TPSA) is 103 Å². The summed E-state index contributed by atoms with van der Waals surface area (Å²) in [6.07, 6.45) is -0.102. The van der Waals surface area contributed by atoms with E-state index in [-0.39, 0.29) is 6.23 Å². The van der Waals surface area contributed by atoms with Gasteiger partial charge in [0.1, 0.15) is 6.23 Å². The maximum absolute atomic E-state index is 5.60. The smallest absolute Gasteiger partial charge is 0.124 e. The summed E-state index contributed by atoms with van der Waals surface area (Å²) in [7, 11) is 1.82. The maximum Gasteiger partial charge on any atom is 0.124 e. The number of nitrogens with two attached hydrogens (primary N) is 3. The van der Waals surface area contributed by atoms with Crippen molar-refractivity contribution in [1.29, 1.82) is 0 Å². The van der Waals surface area contributed by atoms with Gasteiger partial charge in [0.05, 0.1) is 6.73 Å². The van der Waals surface area contributed by atoms with Gasteiger partial charge in [0, 0.05) is 32.7 Å². The average molecular weight is 205 g/mol. The van der Waals surface area contributed by atoms with Crippen LogP contribution in [0.1, 0.15) is 0 Å². The lowest BCUT2D eigenvalue weighted by atomic mass is 10.4. The number of rotatable bonds is 9. The summed E-state index contributed by atoms with van der Waals surface area (Å²) in [6.45, 7) is 3.60. The molecule has 86 valence electrons. The van der Waals surface area contributed by atoms with E-state index in [9.17, 15) is 0 Å². The monoisotopic (exact) mass is 205 g/mol. The third-order valence-electron chi connectivity index (χ3n) is 1.86. The van der Waals surface area contributed by atoms with Crippen molar-refractivity contribution < 1.29 is 4.74 Å². The highest BCUT2D eigenvalue weighted by molar-refractivity contribution is 4.65. The molecule has 0 aromatic carbocycles. The van der Waals surface area contributed by atoms with Gasteiger partial charge in [-0.05, 0) is 7.05 Å². The first kappa shape index (κ1) is 13.8. The van der Waals surface area contributed by atoms with Crippen molar-refractivity contribution in [2.75, 3.05) is 46.5 Å². The molecule has 0 fully saturated rings. The Bertz CT molecular complexity index is 118. The zero-order chi connectivity index (χ0) is 10.8. The molecule has 0 saturated carbocycles. The Morgan fingerprint density at radius 2 is 1.79 bits per heavy atom. The van der Waals surface area contributed by atoms with Crippen molar-refractivity contribution in [1.82, 2.24) is 10.2 Å². The SMILES string of the molecule is CNCOC(CN)N(CCN)CCN. The highest BCUT2D eigenvalue weighted by Gasteiger charge is 2.15. The van der Waals surface area contributed by atoms with Gasteiger partial charge in [0.15, 0.2) is 0 Å². The van der Waals surface area contributed by atoms with Crippen LogP contribution in [0.3, 0.4) is 0 Å². The molecule has 0 aliphatic heterocycles. The van der Waals surface area contributed by atoms with Crippen molar-refractivity contribution in [2.45, 2.75) is 6.23 Å². The predicted molar refractivity (Wildman–Crippen MR) is 57.5 cm³/mol. The van der Waals surface area contributed by atoms with Gasteiger partial charge in [-0.25, -0.2) is 0 Å². The average Bonchev–Trinajstić information content (AvgIpc) is 2.19. The van der Waals surface area contributed by atoms with Gasteiger partial charge in [0.25, 0.3) is 0 Å². The first-order valence-electron chi connectivity index (χ1n) is 4.90. The van der Waals surface area contributed by atoms with Crippen LogP contribution in [-0.2, 0) is 4.74 Å². The fourth-order valence-corrected chi connectivity index (χ4v) is 1.23. The van der Waals surface area contributed by atoms with Gasteiger partial charge in [-0.1, -0.05) is 0 Å². The molecule has 7 N–H and O–H groups in total. The van der Waals surface area contributed by atoms with Crippen molar-refractivity contribution >= 4 is 0 Å². The van der Waals surface area contributed by atoms with Crippen molar-refractivity contribution in [3.63, 3.8) is 0 Å². The van der Waals surface area contributed by atoms with E-state index in [1.807, 2.05) is 7.05 Å². The van der Waals surface area contributed by atoms with E-state index in [4.69, 9.17) is 21.9 Å². The lowest BCUT2D eigenvalue weighted by molar-refractivity contribution is -0.0559. The maximum atomic E-state index is 5.60. The molecule has 0 radical (unpaired) electrons. The van der Waals surface area contributed by atoms with Crippen LogP contribution in [0.2, 0.25) is 0 Å². The van der Waals surface area contributed by atoms with Gasteiger partial charge in [-0.3, -0.25) is 10.2 Å². The summed E-state index contributed by atoms with van der Waals surface area (Å²) in [6, 6.07) is 0. The first-order chi connectivity index (χ1) is 6.79. The molecule has 6 nitrogen and oxygen atoms in total. The summed E-state index contributed by atoms with van der Waals surface area (Å²) < 4.78 is 5.49. The van der Waals surface area contributed by atoms with Crippen LogP contribution < -0.4 is 22.5 Å². The molecule has 0 spiro atoms. The number of nitrogens with one attached hydrogen (secondary N) is 1. The molecule has 0 aromatic rings. The highest BCUT2D eigenvalue weighted by atomic mass is 16.5. The highest BCUT2D eigenvalue weighted by Crippen LogP contribution is 1.98. The number of hydrogen-bond acceptors (Lipinski definition) is 6. The van der Waals surface area contributed by atoms with Crippen molar-refractivity contribution in [3.8, 4) is 0 Å². The van der Waals surface area contributed by atoms with E-state index in [0.717, 1.165) is 13.1 Å². The van der Waals surface area contributed by atoms with Gasteiger partial charge in [-0.15, -0.1) is 0 Å². The molecule has 1 unspecified atom stereocenters. The van der Waals surface area contributed by atoms with E-state index < -0.39 is 0 Å². The van der Waals surface area contributed by atoms with Gasteiger partial charge in [0.2, 0.25) is 0 Å². The summed E-state index contributed by atoms with van der Waals surface area (Å²) in [5.74, 6) is 0. The number of hydrogen-bond donors (Lipinski definition) is 4. The van der Waals surface area contributed by atoms with Gasteiger partial charge < -0.3 is 21.9 Å². The molecule has 6 heteroatoms. The Kier molecular flexibility index (Phi) is 9.16. The minimum atomic E-state index is -0.102. The van der Waals surface area contributed by atoms with E-state index in [1.165, 1.54) is 0 Å². The first-order valence-corrected chi connectivity index (χ1v) is 4.90. The minimum absolute atomic E-state index is 0.102. The summed E-state index contributed by atoms with van der Waals surface area (Å²) in [5, 5.41) is 2.90. The molecule has 0 amide bonds. The van der Waals surface area contributed by atoms with E-state index in [0.29, 0.717) is 26.4 Å². The zero-order valence-electron chi connectivity index (χ0n) is 8.91. The van der Waals surface area contributed by atoms with Gasteiger partial charge >= 0.3 is 0 Å². The van der Waals surface area contributed by atoms with Crippen LogP contribution in [0.5, 0.6) is 0 Å². The molecule has 14 heavy (non-hydrogen) atoms. The zero-order valence-corrected chi connectivity index (χ0v) is 8.91. The van der Waals surface area contributed by atoms with Crippen LogP contribution in [0.15, 0.2) is 0 Å². The minimum Gasteiger partial charge on any atom is -0.347 e. The predicted octanol–water partition coefficient (Wildman–Crippen LogP) is -2.32. The second-order valence-electron chi connectivity index (χ2n) is 2.97. The quantitative estimate of drug-likeness (QED) is 0.315. The fourth-order valence-electron chi connectivity index (χ4n) is 1.23. The summed E-state index contributed by atoms with van der Waals surface area (Å²) in [4.78, 5) is 2.05. The van der Waals surface area contributed by atoms with Gasteiger partial charge in [-0.2, -0.15) is 0 Å². The molecule has 1 atom stereocenters. The van der Waals surface area contributed by atoms with E-state index in [1.54, 1.807) is 0 Å². The Morgan fingerprint density at radius 3 is 2.14 bits per heavy atom. The third-order valence-corrected chi connectivity index (χ3v) is 1.86. The second kappa shape index (κ2) is 9.32. The third kappa shape index (κ3) is 5.48. The Hall–Kier alpha value is -0.240. The molecule has 0 aliphatic rings. The number of ether oxygens (including phenoxy) is 1. The molecule has 0 saturated heterocycles. The standard InChI is InChI=1S/C8H23N5O/c1-12-7-14-8(6-11)13(4-2-9)5-3-10/h8,12H,2-7,9-11H2,1H3. The summed E-state index contributed by atoms with van der Waals surface area (Å²) >= 11 is 0. The Morgan fingerprint density at radius 1 is 1.21 bits per heavy atom. The molecular formula is C8H23N5O. The van der Waals surface area contributed by atoms with Crippen molar-refractivity contribution in [2.24, 2.45) is 17.2 Å². The molecule has 0 heterocycles. The van der Waals surface area contributed by atoms with Crippen molar-refractivity contribution in [3.05, 3.63) is 0 Å². The van der Waals surface area contributed by atoms with Crippen LogP contribution in [-0.4, -0.2) is 57.6 Å². The van der Waals surface area contributed by atoms with Crippen LogP contribution >= 0.6 is 0 Å². The van der Waals surface area contributed by atoms with E-state index in [2.05, 4.69) is 10.2 Å². The fraction of sp³-hybridized carbons (Fsp3) is 1.00. The van der Waals surface area contributed by atoms with Crippen LogP contribution in [0.4, 0.5) is 0 Å². The lowest BCUT2D eigenvalue weighted by Gasteiger charge is -2.29. The Balaban J connectivity index is 3.96. The second-order valence-corrected chi connectivity index (χ2v) is 2.97. The summed E-state index contributed by atoms with van der Waals surface area (Å²) in [5.41, 5.74) is 16.6. The largest absolute Gasteiger partial charge is 0.347 e. The molecule has 0 bridgehead atoms. The molecule has 0 aliphatic carbocycles. The normalized spacial score (nSPS) is 13.5. The van der Waals surface area contributed by atoms with Crippen LogP contribution in [0.25, 0.3) is 0 Å². The lowest BCUT2D eigenvalue weighted by Crippen LogP contribution is -2.47. The van der Waals surface area contributed by atoms with E-state index >= 15 is 0 Å². The number of nitrogens with zero attached hydrogens (tertiary/aromatic N) is 1. The molecule has 0 aromatic heterocycles. The Labute approximate surface area is 85.7 Å². The van der Waals surface area contributed by atoms with Crippen LogP contribution in [0, 0.1) is 0 Å².